The summed E-state index contributed by atoms with van der Waals surface area (Å²) in [7, 11) is 2.07. The number of rotatable bonds is 10. The average molecular weight is 613 g/mol. The maximum absolute atomic E-state index is 14.4. The SMILES string of the molecule is Cc1ccc(NC(=O)[C@H]2[C@H]3C=C[C@@]4(O3)[C@H]2C(=O)N(CCCN(C)Cc2ccccc2)[C@@H]4C(=O)N[C@@H]2CCC[C@@H](C)[C@@H]2C)cc1C. The van der Waals surface area contributed by atoms with Crippen molar-refractivity contribution in [3.05, 3.63) is 77.4 Å². The highest BCUT2D eigenvalue weighted by Gasteiger charge is 2.72. The van der Waals surface area contributed by atoms with E-state index in [0.717, 1.165) is 43.5 Å². The van der Waals surface area contributed by atoms with Crippen LogP contribution in [0.15, 0.2) is 60.7 Å². The standard InChI is InChI=1S/C37H48N4O4/c1-23-15-16-28(21-25(23)3)38-34(42)31-30-17-18-37(45-30)32(31)36(44)41(20-10-19-40(5)22-27-12-7-6-8-13-27)33(37)35(43)39-29-14-9-11-24(2)26(29)4/h6-8,12-13,15-18,21,24,26,29-33H,9-11,14,19-20,22H2,1-5H3,(H,38,42)(H,39,43)/t24-,26+,29-,30-,31+,32-,33-,37-/m1/s1. The van der Waals surface area contributed by atoms with E-state index >= 15 is 0 Å². The van der Waals surface area contributed by atoms with Gasteiger partial charge in [-0.1, -0.05) is 75.2 Å². The van der Waals surface area contributed by atoms with E-state index in [1.54, 1.807) is 4.90 Å². The van der Waals surface area contributed by atoms with E-state index in [4.69, 9.17) is 4.74 Å². The van der Waals surface area contributed by atoms with Gasteiger partial charge < -0.3 is 25.2 Å². The number of ether oxygens (including phenoxy) is 1. The molecule has 3 amide bonds. The van der Waals surface area contributed by atoms with Gasteiger partial charge in [0.1, 0.15) is 11.6 Å². The summed E-state index contributed by atoms with van der Waals surface area (Å²) in [5.41, 5.74) is 2.99. The fraction of sp³-hybridized carbons (Fsp3) is 0.541. The molecule has 8 heteroatoms. The van der Waals surface area contributed by atoms with Gasteiger partial charge in [-0.15, -0.1) is 0 Å². The van der Waals surface area contributed by atoms with Gasteiger partial charge in [0.2, 0.25) is 17.7 Å². The van der Waals surface area contributed by atoms with Crippen LogP contribution >= 0.6 is 0 Å². The normalized spacial score (nSPS) is 31.8. The van der Waals surface area contributed by atoms with Crippen molar-refractivity contribution in [2.24, 2.45) is 23.7 Å². The second-order valence-electron chi connectivity index (χ2n) is 14.0. The highest BCUT2D eigenvalue weighted by atomic mass is 16.5. The number of amides is 3. The largest absolute Gasteiger partial charge is 0.359 e. The third-order valence-corrected chi connectivity index (χ3v) is 11.0. The number of likely N-dealkylation sites (tertiary alicyclic amines) is 1. The molecule has 2 aromatic carbocycles. The lowest BCUT2D eigenvalue weighted by atomic mass is 9.73. The molecule has 1 aliphatic carbocycles. The van der Waals surface area contributed by atoms with Gasteiger partial charge in [-0.25, -0.2) is 0 Å². The molecule has 4 aliphatic rings. The summed E-state index contributed by atoms with van der Waals surface area (Å²) >= 11 is 0. The van der Waals surface area contributed by atoms with Crippen LogP contribution in [0.25, 0.3) is 0 Å². The lowest BCUT2D eigenvalue weighted by Gasteiger charge is -2.38. The molecule has 6 rings (SSSR count). The van der Waals surface area contributed by atoms with Crippen molar-refractivity contribution in [3.8, 4) is 0 Å². The molecule has 45 heavy (non-hydrogen) atoms. The summed E-state index contributed by atoms with van der Waals surface area (Å²) in [5.74, 6) is -1.17. The first-order chi connectivity index (χ1) is 21.6. The van der Waals surface area contributed by atoms with Crippen LogP contribution < -0.4 is 10.6 Å². The summed E-state index contributed by atoms with van der Waals surface area (Å²) in [6.45, 7) is 10.5. The Morgan fingerprint density at radius 3 is 2.58 bits per heavy atom. The third kappa shape index (κ3) is 5.95. The molecule has 3 aliphatic heterocycles. The van der Waals surface area contributed by atoms with Crippen molar-refractivity contribution < 1.29 is 19.1 Å². The quantitative estimate of drug-likeness (QED) is 0.375. The molecule has 2 saturated heterocycles. The molecule has 3 fully saturated rings. The number of anilines is 1. The van der Waals surface area contributed by atoms with Crippen LogP contribution in [-0.2, 0) is 25.7 Å². The van der Waals surface area contributed by atoms with E-state index < -0.39 is 29.6 Å². The molecular weight excluding hydrogens is 564 g/mol. The maximum Gasteiger partial charge on any atom is 0.246 e. The van der Waals surface area contributed by atoms with E-state index in [9.17, 15) is 14.4 Å². The lowest BCUT2D eigenvalue weighted by molar-refractivity contribution is -0.141. The number of fused-ring (bicyclic) bond motifs is 1. The molecule has 0 aromatic heterocycles. The number of hydrogen-bond acceptors (Lipinski definition) is 5. The zero-order chi connectivity index (χ0) is 31.9. The number of hydrogen-bond donors (Lipinski definition) is 2. The average Bonchev–Trinajstić information content (AvgIpc) is 3.65. The van der Waals surface area contributed by atoms with Gasteiger partial charge in [0.25, 0.3) is 0 Å². The van der Waals surface area contributed by atoms with Gasteiger partial charge in [-0.05, 0) is 80.9 Å². The second-order valence-corrected chi connectivity index (χ2v) is 14.0. The van der Waals surface area contributed by atoms with Crippen molar-refractivity contribution in [1.29, 1.82) is 0 Å². The number of carbonyl (C=O) groups excluding carboxylic acids is 3. The van der Waals surface area contributed by atoms with Gasteiger partial charge in [0.15, 0.2) is 0 Å². The Kier molecular flexibility index (Phi) is 8.90. The van der Waals surface area contributed by atoms with Gasteiger partial charge in [0.05, 0.1) is 17.9 Å². The van der Waals surface area contributed by atoms with Crippen molar-refractivity contribution >= 4 is 23.4 Å². The molecule has 0 radical (unpaired) electrons. The van der Waals surface area contributed by atoms with Crippen molar-refractivity contribution in [3.63, 3.8) is 0 Å². The number of carbonyl (C=O) groups is 3. The molecule has 0 unspecified atom stereocenters. The Hall–Kier alpha value is -3.49. The Bertz CT molecular complexity index is 1460. The number of benzene rings is 2. The lowest BCUT2D eigenvalue weighted by Crippen LogP contribution is -2.58. The predicted molar refractivity (Wildman–Crippen MR) is 175 cm³/mol. The van der Waals surface area contributed by atoms with Crippen LogP contribution in [0.2, 0.25) is 0 Å². The van der Waals surface area contributed by atoms with Gasteiger partial charge >= 0.3 is 0 Å². The minimum atomic E-state index is -1.16. The highest BCUT2D eigenvalue weighted by molar-refractivity contribution is 6.02. The number of nitrogens with one attached hydrogen (secondary N) is 2. The van der Waals surface area contributed by atoms with E-state index in [0.29, 0.717) is 30.5 Å². The molecule has 1 saturated carbocycles. The van der Waals surface area contributed by atoms with Crippen molar-refractivity contribution in [2.75, 3.05) is 25.5 Å². The Morgan fingerprint density at radius 2 is 1.82 bits per heavy atom. The van der Waals surface area contributed by atoms with Crippen LogP contribution in [0.1, 0.15) is 56.2 Å². The fourth-order valence-corrected chi connectivity index (χ4v) is 8.09. The molecule has 3 heterocycles. The van der Waals surface area contributed by atoms with Crippen molar-refractivity contribution in [1.82, 2.24) is 15.1 Å². The fourth-order valence-electron chi connectivity index (χ4n) is 8.09. The molecular formula is C37H48N4O4. The predicted octanol–water partition coefficient (Wildman–Crippen LogP) is 4.86. The molecule has 2 aromatic rings. The molecule has 8 nitrogen and oxygen atoms in total. The maximum atomic E-state index is 14.4. The smallest absolute Gasteiger partial charge is 0.246 e. The molecule has 240 valence electrons. The molecule has 2 bridgehead atoms. The number of aryl methyl sites for hydroxylation is 2. The van der Waals surface area contributed by atoms with Gasteiger partial charge in [-0.2, -0.15) is 0 Å². The van der Waals surface area contributed by atoms with E-state index in [-0.39, 0.29) is 23.8 Å². The van der Waals surface area contributed by atoms with Gasteiger partial charge in [0, 0.05) is 24.8 Å². The van der Waals surface area contributed by atoms with Crippen LogP contribution in [0, 0.1) is 37.5 Å². The summed E-state index contributed by atoms with van der Waals surface area (Å²) in [6.07, 6.45) is 7.10. The molecule has 1 spiro atoms. The van der Waals surface area contributed by atoms with Crippen LogP contribution in [0.5, 0.6) is 0 Å². The summed E-state index contributed by atoms with van der Waals surface area (Å²) in [5, 5.41) is 6.40. The first kappa shape index (κ1) is 31.5. The van der Waals surface area contributed by atoms with E-state index in [1.165, 1.54) is 5.56 Å². The summed E-state index contributed by atoms with van der Waals surface area (Å²) in [4.78, 5) is 46.4. The number of nitrogens with zero attached hydrogens (tertiary/aromatic N) is 2. The van der Waals surface area contributed by atoms with Crippen LogP contribution in [0.4, 0.5) is 5.69 Å². The Morgan fingerprint density at radius 1 is 1.04 bits per heavy atom. The summed E-state index contributed by atoms with van der Waals surface area (Å²) in [6, 6.07) is 15.4. The minimum absolute atomic E-state index is 0.0529. The summed E-state index contributed by atoms with van der Waals surface area (Å²) < 4.78 is 6.57. The minimum Gasteiger partial charge on any atom is -0.359 e. The van der Waals surface area contributed by atoms with Crippen molar-refractivity contribution in [2.45, 2.75) is 83.7 Å². The van der Waals surface area contributed by atoms with Gasteiger partial charge in [-0.3, -0.25) is 14.4 Å². The first-order valence-electron chi connectivity index (χ1n) is 16.7. The highest BCUT2D eigenvalue weighted by Crippen LogP contribution is 2.55. The zero-order valence-corrected chi connectivity index (χ0v) is 27.3. The van der Waals surface area contributed by atoms with Crippen LogP contribution in [-0.4, -0.2) is 71.4 Å². The zero-order valence-electron chi connectivity index (χ0n) is 27.3. The monoisotopic (exact) mass is 612 g/mol. The Labute approximate surface area is 267 Å². The molecule has 2 N–H and O–H groups in total. The van der Waals surface area contributed by atoms with Crippen LogP contribution in [0.3, 0.4) is 0 Å². The third-order valence-electron chi connectivity index (χ3n) is 11.0. The van der Waals surface area contributed by atoms with E-state index in [1.807, 2.05) is 62.4 Å². The second kappa shape index (κ2) is 12.7. The van der Waals surface area contributed by atoms with E-state index in [2.05, 4.69) is 48.6 Å². The Balaban J connectivity index is 1.23. The molecule has 8 atom stereocenters. The first-order valence-corrected chi connectivity index (χ1v) is 16.7. The topological polar surface area (TPSA) is 91.0 Å².